The summed E-state index contributed by atoms with van der Waals surface area (Å²) in [5.74, 6) is -0.554. The molecule has 1 aromatic carbocycles. The zero-order chi connectivity index (χ0) is 27.9. The lowest BCUT2D eigenvalue weighted by atomic mass is 10.2. The fraction of sp³-hybridized carbons (Fsp3) is 0.304. The van der Waals surface area contributed by atoms with Crippen molar-refractivity contribution in [3.8, 4) is 17.2 Å². The van der Waals surface area contributed by atoms with Crippen LogP contribution in [0.2, 0.25) is 5.02 Å². The Kier molecular flexibility index (Phi) is 6.94. The summed E-state index contributed by atoms with van der Waals surface area (Å²) in [7, 11) is 0. The van der Waals surface area contributed by atoms with Crippen LogP contribution in [0.15, 0.2) is 53.7 Å². The Morgan fingerprint density at radius 2 is 1.90 bits per heavy atom. The second kappa shape index (κ2) is 10.2. The summed E-state index contributed by atoms with van der Waals surface area (Å²) >= 11 is 5.90. The van der Waals surface area contributed by atoms with Crippen molar-refractivity contribution >= 4 is 17.5 Å². The minimum atomic E-state index is -4.96. The first-order valence-electron chi connectivity index (χ1n) is 11.5. The minimum absolute atomic E-state index is 0.0313. The zero-order valence-electron chi connectivity index (χ0n) is 19.8. The molecule has 0 bridgehead atoms. The Labute approximate surface area is 221 Å². The first-order chi connectivity index (χ1) is 18.5. The fourth-order valence-electron chi connectivity index (χ4n) is 3.72. The average molecular weight is 567 g/mol. The van der Waals surface area contributed by atoms with Crippen molar-refractivity contribution in [3.63, 3.8) is 0 Å². The summed E-state index contributed by atoms with van der Waals surface area (Å²) in [6.45, 7) is -1.43. The number of hydrogen-bond acceptors (Lipinski definition) is 7. The average Bonchev–Trinajstić information content (AvgIpc) is 3.26. The number of carbonyl (C=O) groups excluding carboxylic acids is 1. The lowest BCUT2D eigenvalue weighted by molar-refractivity contribution is -0.207. The molecule has 0 spiro atoms. The van der Waals surface area contributed by atoms with Gasteiger partial charge in [0.2, 0.25) is 0 Å². The smallest absolute Gasteiger partial charge is 0.382 e. The lowest BCUT2D eigenvalue weighted by Gasteiger charge is -2.15. The van der Waals surface area contributed by atoms with Crippen molar-refractivity contribution in [1.82, 2.24) is 39.4 Å². The molecule has 0 saturated heterocycles. The van der Waals surface area contributed by atoms with Gasteiger partial charge in [0, 0.05) is 23.2 Å². The number of pyridine rings is 1. The topological polar surface area (TPSA) is 133 Å². The third-order valence-electron chi connectivity index (χ3n) is 5.87. The molecular weight excluding hydrogens is 548 g/mol. The Balaban J connectivity index is 1.44. The van der Waals surface area contributed by atoms with E-state index in [-0.39, 0.29) is 36.0 Å². The molecule has 3 heterocycles. The maximum absolute atomic E-state index is 13.2. The highest BCUT2D eigenvalue weighted by atomic mass is 35.5. The number of benzene rings is 1. The van der Waals surface area contributed by atoms with E-state index in [9.17, 15) is 32.3 Å². The van der Waals surface area contributed by atoms with Gasteiger partial charge in [0.1, 0.15) is 19.0 Å². The Morgan fingerprint density at radius 1 is 1.18 bits per heavy atom. The number of amides is 1. The van der Waals surface area contributed by atoms with E-state index < -0.39 is 42.6 Å². The Morgan fingerprint density at radius 3 is 2.56 bits per heavy atom. The van der Waals surface area contributed by atoms with Crippen LogP contribution in [0.3, 0.4) is 0 Å². The number of nitrogens with one attached hydrogen (secondary N) is 1. The van der Waals surface area contributed by atoms with Gasteiger partial charge in [0.15, 0.2) is 23.6 Å². The molecule has 0 radical (unpaired) electrons. The number of hydrogen-bond donors (Lipinski definition) is 2. The standard InChI is InChI=1S/C23H19ClF4N8O3/c24-13-5-3-12(4-6-13)19-33-35(22(39)34(19)9-17(37)23(26,27)28)10-18-30-11-36(32-18)20-14(2-1-7-29-20)21(38)31-16-8-15(16)25/h1-7,11,15-17,37H,8-10H2,(H,31,38)/t15-,16+,17-/m0/s1. The molecule has 3 aromatic heterocycles. The molecule has 1 aliphatic rings. The van der Waals surface area contributed by atoms with Crippen molar-refractivity contribution in [2.75, 3.05) is 0 Å². The second-order valence-electron chi connectivity index (χ2n) is 8.75. The van der Waals surface area contributed by atoms with E-state index in [1.807, 2.05) is 0 Å². The predicted molar refractivity (Wildman–Crippen MR) is 128 cm³/mol. The van der Waals surface area contributed by atoms with Gasteiger partial charge in [-0.1, -0.05) is 11.6 Å². The number of aliphatic hydroxyl groups excluding tert-OH is 1. The van der Waals surface area contributed by atoms with Gasteiger partial charge in [-0.3, -0.25) is 9.36 Å². The van der Waals surface area contributed by atoms with Gasteiger partial charge in [0.05, 0.1) is 18.2 Å². The number of halogens is 5. The van der Waals surface area contributed by atoms with Gasteiger partial charge in [-0.2, -0.15) is 13.2 Å². The van der Waals surface area contributed by atoms with Gasteiger partial charge in [-0.05, 0) is 36.4 Å². The molecule has 3 atom stereocenters. The molecule has 4 aromatic rings. The van der Waals surface area contributed by atoms with Crippen molar-refractivity contribution in [3.05, 3.63) is 75.8 Å². The molecule has 0 aliphatic heterocycles. The van der Waals surface area contributed by atoms with Crippen LogP contribution in [0.1, 0.15) is 22.6 Å². The fourth-order valence-corrected chi connectivity index (χ4v) is 3.85. The SMILES string of the molecule is O=C(N[C@@H]1C[C@@H]1F)c1cccnc1-n1cnc(Cn2nc(-c3ccc(Cl)cc3)n(C[C@H](O)C(F)(F)F)c2=O)n1. The van der Waals surface area contributed by atoms with E-state index in [0.717, 1.165) is 4.68 Å². The first-order valence-corrected chi connectivity index (χ1v) is 11.9. The molecule has 39 heavy (non-hydrogen) atoms. The monoisotopic (exact) mass is 566 g/mol. The summed E-state index contributed by atoms with van der Waals surface area (Å²) in [5, 5.41) is 20.9. The number of nitrogens with zero attached hydrogens (tertiary/aromatic N) is 7. The molecular formula is C23H19ClF4N8O3. The van der Waals surface area contributed by atoms with E-state index in [4.69, 9.17) is 11.6 Å². The van der Waals surface area contributed by atoms with E-state index in [1.54, 1.807) is 0 Å². The lowest BCUT2D eigenvalue weighted by Crippen LogP contribution is -2.37. The predicted octanol–water partition coefficient (Wildman–Crippen LogP) is 2.15. The Hall–Kier alpha value is -4.11. The van der Waals surface area contributed by atoms with Crippen molar-refractivity contribution in [2.45, 2.75) is 44.0 Å². The number of carbonyl (C=O) groups is 1. The van der Waals surface area contributed by atoms with Crippen LogP contribution >= 0.6 is 11.6 Å². The molecule has 1 amide bonds. The summed E-state index contributed by atoms with van der Waals surface area (Å²) in [6, 6.07) is 8.33. The molecule has 1 saturated carbocycles. The summed E-state index contributed by atoms with van der Waals surface area (Å²) < 4.78 is 55.2. The van der Waals surface area contributed by atoms with Gasteiger partial charge in [-0.15, -0.1) is 10.2 Å². The van der Waals surface area contributed by atoms with Crippen LogP contribution in [-0.2, 0) is 13.1 Å². The van der Waals surface area contributed by atoms with Gasteiger partial charge >= 0.3 is 11.9 Å². The van der Waals surface area contributed by atoms with E-state index in [2.05, 4.69) is 25.5 Å². The van der Waals surface area contributed by atoms with E-state index >= 15 is 0 Å². The highest BCUT2D eigenvalue weighted by Gasteiger charge is 2.40. The normalized spacial score (nSPS) is 17.7. The number of alkyl halides is 4. The molecule has 1 aliphatic carbocycles. The highest BCUT2D eigenvalue weighted by Crippen LogP contribution is 2.26. The summed E-state index contributed by atoms with van der Waals surface area (Å²) in [6.07, 6.45) is -5.99. The highest BCUT2D eigenvalue weighted by molar-refractivity contribution is 6.30. The third-order valence-corrected chi connectivity index (χ3v) is 6.12. The van der Waals surface area contributed by atoms with Crippen molar-refractivity contribution in [2.24, 2.45) is 0 Å². The Bertz CT molecular complexity index is 1570. The molecule has 0 unspecified atom stereocenters. The minimum Gasteiger partial charge on any atom is -0.382 e. The number of rotatable bonds is 8. The summed E-state index contributed by atoms with van der Waals surface area (Å²) in [5.41, 5.74) is -0.540. The van der Waals surface area contributed by atoms with Crippen LogP contribution in [0.25, 0.3) is 17.2 Å². The quantitative estimate of drug-likeness (QED) is 0.312. The van der Waals surface area contributed by atoms with Crippen molar-refractivity contribution in [1.29, 1.82) is 0 Å². The molecule has 1 fully saturated rings. The largest absolute Gasteiger partial charge is 0.416 e. The summed E-state index contributed by atoms with van der Waals surface area (Å²) in [4.78, 5) is 33.9. The number of aliphatic hydroxyl groups is 1. The number of aromatic nitrogens is 7. The van der Waals surface area contributed by atoms with Crippen molar-refractivity contribution < 1.29 is 27.5 Å². The zero-order valence-corrected chi connectivity index (χ0v) is 20.5. The van der Waals surface area contributed by atoms with Gasteiger partial charge in [0.25, 0.3) is 5.91 Å². The van der Waals surface area contributed by atoms with E-state index in [1.165, 1.54) is 53.6 Å². The molecule has 204 valence electrons. The second-order valence-corrected chi connectivity index (χ2v) is 9.19. The van der Waals surface area contributed by atoms with E-state index in [0.29, 0.717) is 15.2 Å². The molecule has 16 heteroatoms. The van der Waals surface area contributed by atoms with Crippen LogP contribution in [-0.4, -0.2) is 69.6 Å². The molecule has 11 nitrogen and oxygen atoms in total. The maximum atomic E-state index is 13.2. The van der Waals surface area contributed by atoms with Gasteiger partial charge < -0.3 is 10.4 Å². The third kappa shape index (κ3) is 5.68. The van der Waals surface area contributed by atoms with Crippen LogP contribution in [0, 0.1) is 0 Å². The van der Waals surface area contributed by atoms with Crippen LogP contribution < -0.4 is 11.0 Å². The van der Waals surface area contributed by atoms with Gasteiger partial charge in [-0.25, -0.2) is 28.5 Å². The molecule has 5 rings (SSSR count). The molecule has 2 N–H and O–H groups in total. The van der Waals surface area contributed by atoms with Crippen LogP contribution in [0.4, 0.5) is 17.6 Å². The first kappa shape index (κ1) is 26.5. The van der Waals surface area contributed by atoms with Crippen LogP contribution in [0.5, 0.6) is 0 Å². The maximum Gasteiger partial charge on any atom is 0.416 e.